The fourth-order valence-corrected chi connectivity index (χ4v) is 3.35. The number of halogens is 1. The van der Waals surface area contributed by atoms with Crippen molar-refractivity contribution in [1.29, 1.82) is 0 Å². The quantitative estimate of drug-likeness (QED) is 0.872. The molecular weight excluding hydrogens is 268 g/mol. The van der Waals surface area contributed by atoms with Crippen LogP contribution in [0.15, 0.2) is 23.0 Å². The number of benzene rings is 1. The molecule has 0 saturated carbocycles. The summed E-state index contributed by atoms with van der Waals surface area (Å²) in [4.78, 5) is 19.4. The molecule has 0 unspecified atom stereocenters. The second-order valence-electron chi connectivity index (χ2n) is 4.29. The molecule has 2 heterocycles. The second kappa shape index (κ2) is 4.44. The molecule has 0 amide bonds. The van der Waals surface area contributed by atoms with Gasteiger partial charge in [0.1, 0.15) is 5.82 Å². The number of aryl methyl sites for hydroxylation is 1. The van der Waals surface area contributed by atoms with E-state index in [2.05, 4.69) is 9.97 Å². The summed E-state index contributed by atoms with van der Waals surface area (Å²) in [6.45, 7) is 1.96. The summed E-state index contributed by atoms with van der Waals surface area (Å²) in [5.74, 6) is 2.21. The molecular formula is C13H11ClN2OS. The standard InChI is InChI=1S/C13H11ClN2OS/c1-7-4-8(14)2-3-9(7)12-15-11-6-18-5-10(11)13(17)16-12/h2-4H,5-6H2,1H3,(H,15,16,17). The highest BCUT2D eigenvalue weighted by Crippen LogP contribution is 2.28. The number of nitrogens with zero attached hydrogens (tertiary/aromatic N) is 1. The molecule has 0 radical (unpaired) electrons. The Balaban J connectivity index is 2.18. The van der Waals surface area contributed by atoms with Crippen molar-refractivity contribution < 1.29 is 0 Å². The van der Waals surface area contributed by atoms with Crippen molar-refractivity contribution in [2.75, 3.05) is 0 Å². The van der Waals surface area contributed by atoms with Gasteiger partial charge >= 0.3 is 0 Å². The van der Waals surface area contributed by atoms with Gasteiger partial charge in [-0.3, -0.25) is 4.79 Å². The van der Waals surface area contributed by atoms with Crippen LogP contribution in [0.5, 0.6) is 0 Å². The predicted molar refractivity (Wildman–Crippen MR) is 75.0 cm³/mol. The largest absolute Gasteiger partial charge is 0.306 e. The Labute approximate surface area is 114 Å². The fourth-order valence-electron chi connectivity index (χ4n) is 2.08. The number of aromatic amines is 1. The Bertz CT molecular complexity index is 681. The summed E-state index contributed by atoms with van der Waals surface area (Å²) < 4.78 is 0. The lowest BCUT2D eigenvalue weighted by atomic mass is 10.1. The molecule has 3 nitrogen and oxygen atoms in total. The first-order valence-electron chi connectivity index (χ1n) is 5.61. The zero-order valence-corrected chi connectivity index (χ0v) is 11.4. The van der Waals surface area contributed by atoms with Crippen LogP contribution in [0.4, 0.5) is 0 Å². The lowest BCUT2D eigenvalue weighted by Gasteiger charge is -2.07. The Morgan fingerprint density at radius 2 is 2.22 bits per heavy atom. The van der Waals surface area contributed by atoms with E-state index in [0.29, 0.717) is 10.8 Å². The lowest BCUT2D eigenvalue weighted by molar-refractivity contribution is 1.03. The van der Waals surface area contributed by atoms with Gasteiger partial charge in [-0.1, -0.05) is 11.6 Å². The highest BCUT2D eigenvalue weighted by atomic mass is 35.5. The number of rotatable bonds is 1. The second-order valence-corrected chi connectivity index (χ2v) is 5.71. The molecule has 18 heavy (non-hydrogen) atoms. The molecule has 1 aromatic carbocycles. The number of thioether (sulfide) groups is 1. The summed E-state index contributed by atoms with van der Waals surface area (Å²) in [7, 11) is 0. The predicted octanol–water partition coefficient (Wildman–Crippen LogP) is 3.15. The molecule has 0 saturated heterocycles. The summed E-state index contributed by atoms with van der Waals surface area (Å²) in [6.07, 6.45) is 0. The first-order valence-corrected chi connectivity index (χ1v) is 7.15. The average molecular weight is 279 g/mol. The third-order valence-electron chi connectivity index (χ3n) is 3.03. The van der Waals surface area contributed by atoms with Gasteiger partial charge in [0.2, 0.25) is 0 Å². The number of nitrogens with one attached hydrogen (secondary N) is 1. The molecule has 0 bridgehead atoms. The average Bonchev–Trinajstić information content (AvgIpc) is 2.77. The van der Waals surface area contributed by atoms with E-state index >= 15 is 0 Å². The molecule has 5 heteroatoms. The highest BCUT2D eigenvalue weighted by Gasteiger charge is 2.18. The number of hydrogen-bond acceptors (Lipinski definition) is 3. The molecule has 0 atom stereocenters. The van der Waals surface area contributed by atoms with E-state index in [9.17, 15) is 4.79 Å². The van der Waals surface area contributed by atoms with Gasteiger partial charge in [0.15, 0.2) is 0 Å². The van der Waals surface area contributed by atoms with Gasteiger partial charge in [-0.15, -0.1) is 0 Å². The van der Waals surface area contributed by atoms with Crippen LogP contribution in [-0.4, -0.2) is 9.97 Å². The molecule has 3 rings (SSSR count). The van der Waals surface area contributed by atoms with Crippen molar-refractivity contribution in [3.05, 3.63) is 50.4 Å². The third-order valence-corrected chi connectivity index (χ3v) is 4.24. The van der Waals surface area contributed by atoms with Crippen molar-refractivity contribution >= 4 is 23.4 Å². The molecule has 0 spiro atoms. The maximum atomic E-state index is 11.9. The molecule has 1 aromatic heterocycles. The lowest BCUT2D eigenvalue weighted by Crippen LogP contribution is -2.15. The third kappa shape index (κ3) is 1.95. The molecule has 1 aliphatic rings. The van der Waals surface area contributed by atoms with Crippen LogP contribution < -0.4 is 5.56 Å². The zero-order valence-electron chi connectivity index (χ0n) is 9.79. The minimum Gasteiger partial charge on any atom is -0.306 e. The number of fused-ring (bicyclic) bond motifs is 1. The van der Waals surface area contributed by atoms with E-state index < -0.39 is 0 Å². The molecule has 0 aliphatic carbocycles. The number of aromatic nitrogens is 2. The monoisotopic (exact) mass is 278 g/mol. The first kappa shape index (κ1) is 11.8. The van der Waals surface area contributed by atoms with E-state index in [-0.39, 0.29) is 5.56 Å². The summed E-state index contributed by atoms with van der Waals surface area (Å²) in [5, 5.41) is 0.690. The van der Waals surface area contributed by atoms with Crippen LogP contribution in [0.1, 0.15) is 16.8 Å². The Kier molecular flexibility index (Phi) is 2.92. The molecule has 0 fully saturated rings. The van der Waals surface area contributed by atoms with Crippen LogP contribution in [0.3, 0.4) is 0 Å². The van der Waals surface area contributed by atoms with Crippen LogP contribution >= 0.6 is 23.4 Å². The molecule has 92 valence electrons. The Hall–Kier alpha value is -1.26. The van der Waals surface area contributed by atoms with Crippen molar-refractivity contribution in [2.45, 2.75) is 18.4 Å². The highest BCUT2D eigenvalue weighted by molar-refractivity contribution is 7.98. The SMILES string of the molecule is Cc1cc(Cl)ccc1-c1nc2c(c(=O)[nH]1)CSC2. The van der Waals surface area contributed by atoms with E-state index in [4.69, 9.17) is 11.6 Å². The van der Waals surface area contributed by atoms with Crippen molar-refractivity contribution in [2.24, 2.45) is 0 Å². The molecule has 1 N–H and O–H groups in total. The normalized spacial score (nSPS) is 13.7. The van der Waals surface area contributed by atoms with Crippen LogP contribution in [0.2, 0.25) is 5.02 Å². The smallest absolute Gasteiger partial charge is 0.255 e. The summed E-state index contributed by atoms with van der Waals surface area (Å²) in [5.41, 5.74) is 3.64. The summed E-state index contributed by atoms with van der Waals surface area (Å²) in [6, 6.07) is 5.58. The van der Waals surface area contributed by atoms with Crippen molar-refractivity contribution in [3.8, 4) is 11.4 Å². The van der Waals surface area contributed by atoms with Gasteiger partial charge in [0.25, 0.3) is 5.56 Å². The molecule has 2 aromatic rings. The van der Waals surface area contributed by atoms with Crippen molar-refractivity contribution in [1.82, 2.24) is 9.97 Å². The number of H-pyrrole nitrogens is 1. The topological polar surface area (TPSA) is 45.8 Å². The van der Waals surface area contributed by atoms with Gasteiger partial charge in [0.05, 0.1) is 5.69 Å². The van der Waals surface area contributed by atoms with Gasteiger partial charge < -0.3 is 4.98 Å². The maximum absolute atomic E-state index is 11.9. The van der Waals surface area contributed by atoms with E-state index in [1.807, 2.05) is 25.1 Å². The van der Waals surface area contributed by atoms with Crippen molar-refractivity contribution in [3.63, 3.8) is 0 Å². The van der Waals surface area contributed by atoms with E-state index in [1.165, 1.54) is 0 Å². The number of hydrogen-bond donors (Lipinski definition) is 1. The van der Waals surface area contributed by atoms with Crippen LogP contribution in [0, 0.1) is 6.92 Å². The Morgan fingerprint density at radius 1 is 1.39 bits per heavy atom. The molecule has 1 aliphatic heterocycles. The minimum absolute atomic E-state index is 0.0191. The van der Waals surface area contributed by atoms with Gasteiger partial charge in [-0.05, 0) is 30.7 Å². The van der Waals surface area contributed by atoms with Gasteiger partial charge in [0, 0.05) is 27.7 Å². The van der Waals surface area contributed by atoms with E-state index in [0.717, 1.165) is 33.9 Å². The maximum Gasteiger partial charge on any atom is 0.255 e. The fraction of sp³-hybridized carbons (Fsp3) is 0.231. The first-order chi connectivity index (χ1) is 8.65. The minimum atomic E-state index is -0.0191. The Morgan fingerprint density at radius 3 is 3.00 bits per heavy atom. The zero-order chi connectivity index (χ0) is 12.7. The van der Waals surface area contributed by atoms with Gasteiger partial charge in [-0.25, -0.2) is 4.98 Å². The van der Waals surface area contributed by atoms with Gasteiger partial charge in [-0.2, -0.15) is 11.8 Å². The summed E-state index contributed by atoms with van der Waals surface area (Å²) >= 11 is 7.66. The van der Waals surface area contributed by atoms with Crippen LogP contribution in [-0.2, 0) is 11.5 Å². The van der Waals surface area contributed by atoms with E-state index in [1.54, 1.807) is 11.8 Å². The van der Waals surface area contributed by atoms with Crippen LogP contribution in [0.25, 0.3) is 11.4 Å².